The number of rotatable bonds is 4. The van der Waals surface area contributed by atoms with Gasteiger partial charge in [0.1, 0.15) is 12.3 Å². The van der Waals surface area contributed by atoms with Crippen LogP contribution in [0, 0.1) is 6.92 Å². The van der Waals surface area contributed by atoms with E-state index in [0.29, 0.717) is 12.3 Å². The second-order valence-electron chi connectivity index (χ2n) is 3.60. The maximum atomic E-state index is 11.5. The highest BCUT2D eigenvalue weighted by Crippen LogP contribution is 2.00. The number of aromatic nitrogens is 1. The van der Waals surface area contributed by atoms with E-state index in [1.165, 1.54) is 0 Å². The maximum Gasteiger partial charge on any atom is 0.356 e. The molecule has 0 radical (unpaired) electrons. The molecule has 0 unspecified atom stereocenters. The van der Waals surface area contributed by atoms with Crippen molar-refractivity contribution in [3.8, 4) is 0 Å². The third-order valence-electron chi connectivity index (χ3n) is 1.87. The Labute approximate surface area is 89.9 Å². The Morgan fingerprint density at radius 2 is 2.20 bits per heavy atom. The first-order valence-corrected chi connectivity index (χ1v) is 4.85. The Bertz CT molecular complexity index is 337. The van der Waals surface area contributed by atoms with E-state index < -0.39 is 0 Å². The van der Waals surface area contributed by atoms with Crippen molar-refractivity contribution in [1.82, 2.24) is 9.88 Å². The Morgan fingerprint density at radius 1 is 1.47 bits per heavy atom. The third kappa shape index (κ3) is 4.08. The molecule has 15 heavy (non-hydrogen) atoms. The van der Waals surface area contributed by atoms with Gasteiger partial charge >= 0.3 is 5.97 Å². The molecule has 0 aromatic carbocycles. The van der Waals surface area contributed by atoms with E-state index in [1.807, 2.05) is 32.0 Å². The van der Waals surface area contributed by atoms with Crippen LogP contribution in [0.4, 0.5) is 0 Å². The Hall–Kier alpha value is -1.42. The van der Waals surface area contributed by atoms with Crippen LogP contribution in [0.25, 0.3) is 0 Å². The minimum absolute atomic E-state index is 0.361. The van der Waals surface area contributed by atoms with Crippen LogP contribution in [0.1, 0.15) is 16.2 Å². The van der Waals surface area contributed by atoms with Crippen LogP contribution >= 0.6 is 0 Å². The summed E-state index contributed by atoms with van der Waals surface area (Å²) in [5.74, 6) is -0.361. The van der Waals surface area contributed by atoms with E-state index in [1.54, 1.807) is 12.1 Å². The van der Waals surface area contributed by atoms with Crippen LogP contribution in [0.5, 0.6) is 0 Å². The van der Waals surface area contributed by atoms with E-state index in [9.17, 15) is 4.79 Å². The Kier molecular flexibility index (Phi) is 4.24. The molecule has 1 aromatic rings. The van der Waals surface area contributed by atoms with Crippen LogP contribution in [0.15, 0.2) is 18.2 Å². The van der Waals surface area contributed by atoms with Crippen molar-refractivity contribution in [3.63, 3.8) is 0 Å². The second kappa shape index (κ2) is 5.46. The van der Waals surface area contributed by atoms with Gasteiger partial charge in [-0.05, 0) is 33.2 Å². The fourth-order valence-electron chi connectivity index (χ4n) is 1.05. The lowest BCUT2D eigenvalue weighted by Crippen LogP contribution is -2.20. The summed E-state index contributed by atoms with van der Waals surface area (Å²) < 4.78 is 5.05. The molecule has 0 aliphatic rings. The number of ether oxygens (including phenoxy) is 1. The van der Waals surface area contributed by atoms with Crippen molar-refractivity contribution in [1.29, 1.82) is 0 Å². The predicted molar refractivity (Wildman–Crippen MR) is 57.8 cm³/mol. The first-order chi connectivity index (χ1) is 7.09. The summed E-state index contributed by atoms with van der Waals surface area (Å²) in [6, 6.07) is 5.30. The third-order valence-corrected chi connectivity index (χ3v) is 1.87. The molecule has 0 spiro atoms. The fraction of sp³-hybridized carbons (Fsp3) is 0.455. The number of aryl methyl sites for hydroxylation is 1. The molecule has 0 atom stereocenters. The molecule has 4 heteroatoms. The standard InChI is InChI=1S/C11H16N2O2/c1-9-5-4-6-10(12-9)11(14)15-8-7-13(2)3/h4-6H,7-8H2,1-3H3. The molecule has 0 amide bonds. The first-order valence-electron chi connectivity index (χ1n) is 4.85. The van der Waals surface area contributed by atoms with E-state index >= 15 is 0 Å². The Balaban J connectivity index is 2.47. The predicted octanol–water partition coefficient (Wildman–Crippen LogP) is 1.11. The lowest BCUT2D eigenvalue weighted by molar-refractivity contribution is 0.0475. The highest BCUT2D eigenvalue weighted by molar-refractivity contribution is 5.87. The molecule has 1 aromatic heterocycles. The molecule has 0 aliphatic heterocycles. The summed E-state index contributed by atoms with van der Waals surface area (Å²) in [5, 5.41) is 0. The van der Waals surface area contributed by atoms with E-state index in [0.717, 1.165) is 12.2 Å². The van der Waals surface area contributed by atoms with E-state index in [2.05, 4.69) is 4.98 Å². The molecule has 0 fully saturated rings. The second-order valence-corrected chi connectivity index (χ2v) is 3.60. The van der Waals surface area contributed by atoms with Crippen LogP contribution in [0.2, 0.25) is 0 Å². The van der Waals surface area contributed by atoms with Crippen LogP contribution in [0.3, 0.4) is 0 Å². The molecule has 0 saturated carbocycles. The minimum atomic E-state index is -0.361. The van der Waals surface area contributed by atoms with Crippen LogP contribution < -0.4 is 0 Å². The molecule has 4 nitrogen and oxygen atoms in total. The van der Waals surface area contributed by atoms with Crippen molar-refractivity contribution in [2.75, 3.05) is 27.2 Å². The number of esters is 1. The maximum absolute atomic E-state index is 11.5. The largest absolute Gasteiger partial charge is 0.460 e. The molecule has 1 rings (SSSR count). The van der Waals surface area contributed by atoms with Crippen LogP contribution in [-0.4, -0.2) is 43.1 Å². The number of hydrogen-bond donors (Lipinski definition) is 0. The summed E-state index contributed by atoms with van der Waals surface area (Å²) >= 11 is 0. The van der Waals surface area contributed by atoms with Crippen molar-refractivity contribution < 1.29 is 9.53 Å². The zero-order chi connectivity index (χ0) is 11.3. The quantitative estimate of drug-likeness (QED) is 0.695. The van der Waals surface area contributed by atoms with Crippen molar-refractivity contribution in [2.24, 2.45) is 0 Å². The highest BCUT2D eigenvalue weighted by atomic mass is 16.5. The van der Waals surface area contributed by atoms with E-state index in [4.69, 9.17) is 4.74 Å². The zero-order valence-electron chi connectivity index (χ0n) is 9.36. The summed E-state index contributed by atoms with van der Waals surface area (Å²) in [5.41, 5.74) is 1.19. The molecular formula is C11H16N2O2. The molecule has 1 heterocycles. The summed E-state index contributed by atoms with van der Waals surface area (Å²) in [7, 11) is 3.86. The average Bonchev–Trinajstić information content (AvgIpc) is 2.17. The molecule has 0 aliphatic carbocycles. The number of hydrogen-bond acceptors (Lipinski definition) is 4. The van der Waals surface area contributed by atoms with Gasteiger partial charge in [0, 0.05) is 12.2 Å². The zero-order valence-corrected chi connectivity index (χ0v) is 9.36. The van der Waals surface area contributed by atoms with Gasteiger partial charge in [-0.15, -0.1) is 0 Å². The molecule has 82 valence electrons. The number of nitrogens with zero attached hydrogens (tertiary/aromatic N) is 2. The number of carbonyl (C=O) groups is 1. The fourth-order valence-corrected chi connectivity index (χ4v) is 1.05. The molecular weight excluding hydrogens is 192 g/mol. The normalized spacial score (nSPS) is 10.4. The van der Waals surface area contributed by atoms with Gasteiger partial charge in [0.2, 0.25) is 0 Å². The first kappa shape index (κ1) is 11.7. The van der Waals surface area contributed by atoms with Gasteiger partial charge in [0.05, 0.1) is 0 Å². The van der Waals surface area contributed by atoms with Gasteiger partial charge in [-0.25, -0.2) is 9.78 Å². The molecule has 0 bridgehead atoms. The van der Waals surface area contributed by atoms with Crippen molar-refractivity contribution >= 4 is 5.97 Å². The van der Waals surface area contributed by atoms with Gasteiger partial charge in [-0.3, -0.25) is 0 Å². The minimum Gasteiger partial charge on any atom is -0.460 e. The smallest absolute Gasteiger partial charge is 0.356 e. The monoisotopic (exact) mass is 208 g/mol. The van der Waals surface area contributed by atoms with Crippen molar-refractivity contribution in [2.45, 2.75) is 6.92 Å². The topological polar surface area (TPSA) is 42.4 Å². The highest BCUT2D eigenvalue weighted by Gasteiger charge is 2.08. The van der Waals surface area contributed by atoms with Gasteiger partial charge in [-0.2, -0.15) is 0 Å². The molecule has 0 saturated heterocycles. The SMILES string of the molecule is Cc1cccc(C(=O)OCCN(C)C)n1. The number of likely N-dealkylation sites (N-methyl/N-ethyl adjacent to an activating group) is 1. The van der Waals surface area contributed by atoms with Gasteiger partial charge < -0.3 is 9.64 Å². The summed E-state index contributed by atoms with van der Waals surface area (Å²) in [6.07, 6.45) is 0. The van der Waals surface area contributed by atoms with Crippen LogP contribution in [-0.2, 0) is 4.74 Å². The number of carbonyl (C=O) groups excluding carboxylic acids is 1. The lowest BCUT2D eigenvalue weighted by atomic mass is 10.3. The Morgan fingerprint density at radius 3 is 2.80 bits per heavy atom. The summed E-state index contributed by atoms with van der Waals surface area (Å²) in [4.78, 5) is 17.5. The average molecular weight is 208 g/mol. The van der Waals surface area contributed by atoms with Gasteiger partial charge in [0.15, 0.2) is 0 Å². The summed E-state index contributed by atoms with van der Waals surface area (Å²) in [6.45, 7) is 2.95. The molecule has 0 N–H and O–H groups in total. The van der Waals surface area contributed by atoms with Gasteiger partial charge in [-0.1, -0.05) is 6.07 Å². The van der Waals surface area contributed by atoms with Gasteiger partial charge in [0.25, 0.3) is 0 Å². The lowest BCUT2D eigenvalue weighted by Gasteiger charge is -2.09. The van der Waals surface area contributed by atoms with Crippen molar-refractivity contribution in [3.05, 3.63) is 29.6 Å². The van der Waals surface area contributed by atoms with E-state index in [-0.39, 0.29) is 5.97 Å². The number of pyridine rings is 1.